The summed E-state index contributed by atoms with van der Waals surface area (Å²) in [5, 5.41) is 29.6. The van der Waals surface area contributed by atoms with Crippen LogP contribution in [0.2, 0.25) is 0 Å². The van der Waals surface area contributed by atoms with Crippen LogP contribution >= 0.6 is 0 Å². The van der Waals surface area contributed by atoms with Gasteiger partial charge in [-0.15, -0.1) is 5.10 Å². The first-order valence-corrected chi connectivity index (χ1v) is 25.4. The number of anilines is 1. The van der Waals surface area contributed by atoms with Gasteiger partial charge in [0.15, 0.2) is 5.65 Å². The molecule has 26 heteroatoms. The number of imidazole rings is 1. The lowest BCUT2D eigenvalue weighted by Crippen LogP contribution is -2.51. The maximum Gasteiger partial charge on any atom is 0.426 e. The molecule has 78 heavy (non-hydrogen) atoms. The monoisotopic (exact) mass is 1090 g/mol. The highest BCUT2D eigenvalue weighted by molar-refractivity contribution is 5.96. The van der Waals surface area contributed by atoms with Gasteiger partial charge >= 0.3 is 12.2 Å². The van der Waals surface area contributed by atoms with Crippen LogP contribution in [0.4, 0.5) is 15.3 Å². The van der Waals surface area contributed by atoms with E-state index >= 15 is 0 Å². The Morgan fingerprint density at radius 1 is 0.654 bits per heavy atom. The first-order valence-electron chi connectivity index (χ1n) is 25.4. The zero-order valence-corrected chi connectivity index (χ0v) is 43.7. The van der Waals surface area contributed by atoms with Crippen molar-refractivity contribution in [3.63, 3.8) is 0 Å². The molecule has 2 heterocycles. The summed E-state index contributed by atoms with van der Waals surface area (Å²) < 4.78 is 32.2. The van der Waals surface area contributed by atoms with Crippen LogP contribution in [0.1, 0.15) is 68.2 Å². The van der Waals surface area contributed by atoms with Crippen LogP contribution in [-0.4, -0.2) is 138 Å². The Kier molecular flexibility index (Phi) is 26.1. The Labute approximate surface area is 450 Å². The number of carbonyl (C=O) groups excluding carboxylic acids is 7. The van der Waals surface area contributed by atoms with Crippen molar-refractivity contribution in [3.8, 4) is 11.6 Å². The smallest absolute Gasteiger partial charge is 0.426 e. The van der Waals surface area contributed by atoms with E-state index in [-0.39, 0.29) is 115 Å². The Balaban J connectivity index is 0.802. The minimum absolute atomic E-state index is 0.0285. The largest absolute Gasteiger partial charge is 0.508 e. The van der Waals surface area contributed by atoms with Crippen molar-refractivity contribution in [2.24, 2.45) is 11.7 Å². The number of hydrogen-bond acceptors (Lipinski definition) is 17. The Bertz CT molecular complexity index is 2650. The topological polar surface area (TPSA) is 363 Å². The summed E-state index contributed by atoms with van der Waals surface area (Å²) >= 11 is 0. The van der Waals surface area contributed by atoms with Crippen molar-refractivity contribution < 1.29 is 67.1 Å². The molecule has 3 aromatic carbocycles. The summed E-state index contributed by atoms with van der Waals surface area (Å²) in [6.45, 7) is 5.34. The molecular weight excluding hydrogens is 1020 g/mol. The Hall–Kier alpha value is -8.33. The number of aromatic amines is 2. The molecule has 5 rings (SSSR count). The molecule has 422 valence electrons. The minimum atomic E-state index is -0.900. The second-order valence-corrected chi connectivity index (χ2v) is 18.0. The van der Waals surface area contributed by atoms with Gasteiger partial charge in [-0.25, -0.2) is 20.0 Å². The fourth-order valence-corrected chi connectivity index (χ4v) is 7.09. The van der Waals surface area contributed by atoms with Gasteiger partial charge in [-0.05, 0) is 71.7 Å². The number of nitrogens with zero attached hydrogens (tertiary/aromatic N) is 2. The third-order valence-corrected chi connectivity index (χ3v) is 11.3. The van der Waals surface area contributed by atoms with Crippen LogP contribution in [0, 0.1) is 5.92 Å². The summed E-state index contributed by atoms with van der Waals surface area (Å²) in [4.78, 5) is 93.9. The van der Waals surface area contributed by atoms with Crippen molar-refractivity contribution in [1.82, 2.24) is 52.3 Å². The Morgan fingerprint density at radius 2 is 1.29 bits per heavy atom. The molecule has 0 saturated heterocycles. The highest BCUT2D eigenvalue weighted by atomic mass is 16.6. The maximum atomic E-state index is 13.0. The standard InChI is InChI=1S/C52H70N12O14/c1-34(2)46(60-43(67)5-3-4-42(66)55-29-36-6-8-37(9-7-36)31-77-50-47-48(62-63-50)58-33-57-47)49(70)56-30-45(69)59-40-15-10-38(11-16-40)32-78-51(71)54-20-21-73-22-23-74-24-25-75-26-27-76-52(72)64-61-44(68)19-14-39(53)28-35-12-17-41(65)18-13-35/h6-13,15-18,33-34,39,46,65H,3-5,14,19-32,53H2,1-2H3,(H,54,71)(H,55,66)(H,56,70)(H,59,69)(H,60,67)(H,61,68)(H,64,72)(H2,57,58,62,63)/t39-,46+/m1/s1. The van der Waals surface area contributed by atoms with Gasteiger partial charge < -0.3 is 70.8 Å². The lowest BCUT2D eigenvalue weighted by molar-refractivity contribution is -0.131. The molecule has 0 radical (unpaired) electrons. The van der Waals surface area contributed by atoms with Gasteiger partial charge in [0.1, 0.15) is 37.1 Å². The molecular formula is C52H70N12O14. The number of rotatable bonds is 34. The average molecular weight is 1090 g/mol. The van der Waals surface area contributed by atoms with Crippen LogP contribution in [-0.2, 0) is 73.8 Å². The predicted octanol–water partition coefficient (Wildman–Crippen LogP) is 2.64. The number of H-pyrrole nitrogens is 2. The minimum Gasteiger partial charge on any atom is -0.508 e. The number of hydrogen-bond donors (Lipinski definition) is 11. The zero-order chi connectivity index (χ0) is 55.9. The van der Waals surface area contributed by atoms with Crippen LogP contribution in [0.3, 0.4) is 0 Å². The van der Waals surface area contributed by atoms with E-state index in [0.29, 0.717) is 54.3 Å². The number of phenols is 1. The van der Waals surface area contributed by atoms with E-state index < -0.39 is 41.9 Å². The fraction of sp³-hybridized carbons (Fsp3) is 0.442. The van der Waals surface area contributed by atoms with Crippen LogP contribution in [0.15, 0.2) is 79.1 Å². The molecule has 0 bridgehead atoms. The van der Waals surface area contributed by atoms with Gasteiger partial charge in [-0.3, -0.25) is 34.5 Å². The molecule has 0 aliphatic rings. The second-order valence-electron chi connectivity index (χ2n) is 18.0. The van der Waals surface area contributed by atoms with E-state index in [1.54, 1.807) is 68.7 Å². The number of ether oxygens (including phenoxy) is 6. The maximum absolute atomic E-state index is 13.0. The molecule has 0 aliphatic carbocycles. The van der Waals surface area contributed by atoms with E-state index in [2.05, 4.69) is 57.6 Å². The molecule has 0 saturated carbocycles. The molecule has 0 unspecified atom stereocenters. The van der Waals surface area contributed by atoms with Crippen molar-refractivity contribution in [1.29, 1.82) is 0 Å². The Morgan fingerprint density at radius 3 is 2.01 bits per heavy atom. The van der Waals surface area contributed by atoms with Gasteiger partial charge in [-0.1, -0.05) is 62.4 Å². The number of nitrogens with one attached hydrogen (secondary N) is 9. The van der Waals surface area contributed by atoms with E-state index in [0.717, 1.165) is 16.7 Å². The molecule has 7 amide bonds. The third-order valence-electron chi connectivity index (χ3n) is 11.3. The molecule has 2 aromatic heterocycles. The van der Waals surface area contributed by atoms with Crippen LogP contribution in [0.5, 0.6) is 11.6 Å². The van der Waals surface area contributed by atoms with Crippen molar-refractivity contribution in [2.45, 2.75) is 84.2 Å². The number of benzene rings is 3. The van der Waals surface area contributed by atoms with Gasteiger partial charge in [0.2, 0.25) is 29.5 Å². The summed E-state index contributed by atoms with van der Waals surface area (Å²) in [5.41, 5.74) is 15.7. The molecule has 26 nitrogen and oxygen atoms in total. The molecule has 0 spiro atoms. The highest BCUT2D eigenvalue weighted by Crippen LogP contribution is 2.20. The van der Waals surface area contributed by atoms with E-state index in [1.807, 2.05) is 24.3 Å². The number of hydrazine groups is 1. The van der Waals surface area contributed by atoms with Gasteiger partial charge in [-0.2, -0.15) is 0 Å². The molecule has 2 atom stereocenters. The highest BCUT2D eigenvalue weighted by Gasteiger charge is 2.25. The van der Waals surface area contributed by atoms with E-state index in [9.17, 15) is 38.7 Å². The van der Waals surface area contributed by atoms with Crippen LogP contribution < -0.4 is 47.9 Å². The number of fused-ring (bicyclic) bond motifs is 1. The number of amides is 7. The van der Waals surface area contributed by atoms with E-state index in [1.165, 1.54) is 0 Å². The van der Waals surface area contributed by atoms with E-state index in [4.69, 9.17) is 34.2 Å². The van der Waals surface area contributed by atoms with Crippen LogP contribution in [0.25, 0.3) is 11.2 Å². The normalized spacial score (nSPS) is 11.7. The quantitative estimate of drug-likeness (QED) is 0.0208. The lowest BCUT2D eigenvalue weighted by atomic mass is 10.0. The average Bonchev–Trinajstić information content (AvgIpc) is 4.07. The third kappa shape index (κ3) is 23.7. The van der Waals surface area contributed by atoms with Gasteiger partial charge in [0, 0.05) is 44.1 Å². The zero-order valence-electron chi connectivity index (χ0n) is 43.7. The number of carbonyl (C=O) groups is 7. The number of nitrogens with two attached hydrogens (primary N) is 1. The number of phenolic OH excluding ortho intramolecular Hbond substituents is 1. The summed E-state index contributed by atoms with van der Waals surface area (Å²) in [6.07, 6.45) is 1.52. The second kappa shape index (κ2) is 33.6. The first kappa shape index (κ1) is 60.5. The van der Waals surface area contributed by atoms with Gasteiger partial charge in [0.25, 0.3) is 5.88 Å². The van der Waals surface area contributed by atoms with Crippen molar-refractivity contribution >= 4 is 58.6 Å². The SMILES string of the molecule is CC(C)[C@H](NC(=O)CCCC(=O)NCc1ccc(COc2n[nH]c3nc[nH]c23)cc1)C(=O)NCC(=O)Nc1ccc(COC(=O)NCCOCCOCCOCCOC(=O)NNC(=O)CC[C@@H](N)Cc2ccc(O)cc2)cc1. The number of aromatic nitrogens is 4. The molecule has 5 aromatic rings. The summed E-state index contributed by atoms with van der Waals surface area (Å²) in [6, 6.07) is 19.7. The number of aromatic hydroxyl groups is 1. The fourth-order valence-electron chi connectivity index (χ4n) is 7.09. The van der Waals surface area contributed by atoms with Crippen molar-refractivity contribution in [3.05, 3.63) is 101 Å². The molecule has 0 fully saturated rings. The van der Waals surface area contributed by atoms with Gasteiger partial charge in [0.05, 0.1) is 52.5 Å². The number of alkyl carbamates (subject to hydrolysis) is 1. The molecule has 0 aliphatic heterocycles. The summed E-state index contributed by atoms with van der Waals surface area (Å²) in [7, 11) is 0. The summed E-state index contributed by atoms with van der Waals surface area (Å²) in [5.74, 6) is -1.75. The first-order chi connectivity index (χ1) is 37.7. The lowest BCUT2D eigenvalue weighted by Gasteiger charge is -2.21. The molecule has 12 N–H and O–H groups in total. The van der Waals surface area contributed by atoms with Crippen molar-refractivity contribution in [2.75, 3.05) is 64.7 Å². The predicted molar refractivity (Wildman–Crippen MR) is 282 cm³/mol.